The summed E-state index contributed by atoms with van der Waals surface area (Å²) >= 11 is 0. The maximum absolute atomic E-state index is 4.42. The summed E-state index contributed by atoms with van der Waals surface area (Å²) in [7, 11) is 0. The van der Waals surface area contributed by atoms with Crippen LogP contribution in [0.15, 0.2) is 12.4 Å². The van der Waals surface area contributed by atoms with Crippen LogP contribution in [0.3, 0.4) is 0 Å². The average Bonchev–Trinajstić information content (AvgIpc) is 2.27. The molecule has 1 heterocycles. The Morgan fingerprint density at radius 1 is 1.08 bits per heavy atom. The van der Waals surface area contributed by atoms with Gasteiger partial charge < -0.3 is 4.57 Å². The van der Waals surface area contributed by atoms with Crippen LogP contribution in [0.2, 0.25) is 0 Å². The number of imidazole rings is 1. The minimum Gasteiger partial charge on any atom is -0.329 e. The molecular weight excluding hydrogens is 160 g/mol. The van der Waals surface area contributed by atoms with Crippen molar-refractivity contribution < 1.29 is 0 Å². The molecule has 0 amide bonds. The Balaban J connectivity index is 3.19. The second kappa shape index (κ2) is 2.86. The van der Waals surface area contributed by atoms with Crippen LogP contribution in [0.4, 0.5) is 0 Å². The van der Waals surface area contributed by atoms with Gasteiger partial charge in [0.25, 0.3) is 0 Å². The lowest BCUT2D eigenvalue weighted by atomic mass is 9.94. The molecule has 0 radical (unpaired) electrons. The van der Waals surface area contributed by atoms with Crippen LogP contribution < -0.4 is 0 Å². The van der Waals surface area contributed by atoms with E-state index in [0.717, 1.165) is 5.82 Å². The van der Waals surface area contributed by atoms with Crippen molar-refractivity contribution in [1.82, 2.24) is 9.55 Å². The number of hydrogen-bond acceptors (Lipinski definition) is 1. The average molecular weight is 180 g/mol. The Morgan fingerprint density at radius 2 is 1.62 bits per heavy atom. The molecule has 0 spiro atoms. The Bertz CT molecular complexity index is 255. The number of aromatic nitrogens is 2. The fourth-order valence-electron chi connectivity index (χ4n) is 1.40. The Labute approximate surface area is 81.0 Å². The van der Waals surface area contributed by atoms with Crippen LogP contribution in [0.5, 0.6) is 0 Å². The third-order valence-electron chi connectivity index (χ3n) is 2.03. The Hall–Kier alpha value is -0.790. The molecule has 0 fully saturated rings. The molecule has 0 aromatic carbocycles. The smallest absolute Gasteiger partial charge is 0.114 e. The van der Waals surface area contributed by atoms with Crippen LogP contribution >= 0.6 is 0 Å². The van der Waals surface area contributed by atoms with Gasteiger partial charge in [-0.3, -0.25) is 0 Å². The molecule has 1 rings (SSSR count). The van der Waals surface area contributed by atoms with Crippen molar-refractivity contribution >= 4 is 0 Å². The predicted molar refractivity (Wildman–Crippen MR) is 55.9 cm³/mol. The second-order valence-electron chi connectivity index (χ2n) is 5.54. The first-order chi connectivity index (χ1) is 5.73. The summed E-state index contributed by atoms with van der Waals surface area (Å²) in [6.45, 7) is 13.2. The lowest BCUT2D eigenvalue weighted by Crippen LogP contribution is -2.29. The highest BCUT2D eigenvalue weighted by molar-refractivity contribution is 5.07. The molecule has 1 aromatic rings. The zero-order chi connectivity index (χ0) is 10.3. The largest absolute Gasteiger partial charge is 0.329 e. The first kappa shape index (κ1) is 10.3. The van der Waals surface area contributed by atoms with Crippen molar-refractivity contribution in [3.05, 3.63) is 18.2 Å². The lowest BCUT2D eigenvalue weighted by Gasteiger charge is -2.28. The maximum Gasteiger partial charge on any atom is 0.114 e. The molecule has 0 atom stereocenters. The molecule has 0 N–H and O–H groups in total. The van der Waals surface area contributed by atoms with Crippen LogP contribution in [-0.2, 0) is 11.0 Å². The van der Waals surface area contributed by atoms with Crippen molar-refractivity contribution in [2.24, 2.45) is 0 Å². The van der Waals surface area contributed by atoms with Crippen LogP contribution in [0.1, 0.15) is 47.4 Å². The van der Waals surface area contributed by atoms with E-state index in [4.69, 9.17) is 0 Å². The molecule has 0 aliphatic heterocycles. The minimum atomic E-state index is 0.122. The van der Waals surface area contributed by atoms with Gasteiger partial charge in [0.1, 0.15) is 5.82 Å². The fourth-order valence-corrected chi connectivity index (χ4v) is 1.40. The van der Waals surface area contributed by atoms with Crippen molar-refractivity contribution in [3.63, 3.8) is 0 Å². The minimum absolute atomic E-state index is 0.122. The van der Waals surface area contributed by atoms with Gasteiger partial charge in [-0.1, -0.05) is 20.8 Å². The first-order valence-corrected chi connectivity index (χ1v) is 4.77. The summed E-state index contributed by atoms with van der Waals surface area (Å²) in [6.07, 6.45) is 3.94. The lowest BCUT2D eigenvalue weighted by molar-refractivity contribution is 0.354. The molecule has 0 saturated carbocycles. The molecule has 0 aliphatic carbocycles. The molecule has 0 unspecified atom stereocenters. The number of rotatable bonds is 0. The molecule has 2 heteroatoms. The Morgan fingerprint density at radius 3 is 1.92 bits per heavy atom. The van der Waals surface area contributed by atoms with E-state index < -0.39 is 0 Å². The summed E-state index contributed by atoms with van der Waals surface area (Å²) in [5.74, 6) is 1.15. The third kappa shape index (κ3) is 2.11. The van der Waals surface area contributed by atoms with Gasteiger partial charge in [-0.05, 0) is 20.8 Å². The van der Waals surface area contributed by atoms with Crippen molar-refractivity contribution in [3.8, 4) is 0 Å². The van der Waals surface area contributed by atoms with Crippen LogP contribution in [-0.4, -0.2) is 9.55 Å². The highest BCUT2D eigenvalue weighted by atomic mass is 15.1. The van der Waals surface area contributed by atoms with Gasteiger partial charge >= 0.3 is 0 Å². The van der Waals surface area contributed by atoms with Crippen molar-refractivity contribution in [1.29, 1.82) is 0 Å². The summed E-state index contributed by atoms with van der Waals surface area (Å²) in [5.41, 5.74) is 0.246. The van der Waals surface area contributed by atoms with E-state index in [9.17, 15) is 0 Å². The van der Waals surface area contributed by atoms with E-state index in [1.54, 1.807) is 0 Å². The summed E-state index contributed by atoms with van der Waals surface area (Å²) < 4.78 is 2.24. The van der Waals surface area contributed by atoms with Gasteiger partial charge in [-0.25, -0.2) is 4.98 Å². The number of hydrogen-bond donors (Lipinski definition) is 0. The topological polar surface area (TPSA) is 17.8 Å². The van der Waals surface area contributed by atoms with Gasteiger partial charge in [0.05, 0.1) is 0 Å². The van der Waals surface area contributed by atoms with E-state index in [0.29, 0.717) is 0 Å². The normalized spacial score (nSPS) is 13.4. The molecule has 13 heavy (non-hydrogen) atoms. The second-order valence-corrected chi connectivity index (χ2v) is 5.54. The van der Waals surface area contributed by atoms with Crippen LogP contribution in [0, 0.1) is 0 Å². The predicted octanol–water partition coefficient (Wildman–Crippen LogP) is 2.94. The van der Waals surface area contributed by atoms with E-state index >= 15 is 0 Å². The molecule has 2 nitrogen and oxygen atoms in total. The van der Waals surface area contributed by atoms with E-state index in [-0.39, 0.29) is 11.0 Å². The summed E-state index contributed by atoms with van der Waals surface area (Å²) in [5, 5.41) is 0. The van der Waals surface area contributed by atoms with Crippen molar-refractivity contribution in [2.45, 2.75) is 52.5 Å². The molecule has 74 valence electrons. The molecule has 1 aromatic heterocycles. The zero-order valence-electron chi connectivity index (χ0n) is 9.55. The molecule has 0 aliphatic rings. The Kier molecular flexibility index (Phi) is 2.27. The highest BCUT2D eigenvalue weighted by Crippen LogP contribution is 2.25. The van der Waals surface area contributed by atoms with Gasteiger partial charge in [0.2, 0.25) is 0 Å². The molecule has 0 saturated heterocycles. The quantitative estimate of drug-likeness (QED) is 0.600. The highest BCUT2D eigenvalue weighted by Gasteiger charge is 2.24. The SMILES string of the molecule is CC(C)(C)c1nccn1C(C)(C)C. The van der Waals surface area contributed by atoms with Crippen molar-refractivity contribution in [2.75, 3.05) is 0 Å². The first-order valence-electron chi connectivity index (χ1n) is 4.77. The van der Waals surface area contributed by atoms with Gasteiger partial charge in [-0.15, -0.1) is 0 Å². The maximum atomic E-state index is 4.42. The zero-order valence-corrected chi connectivity index (χ0v) is 9.55. The van der Waals surface area contributed by atoms with E-state index in [1.165, 1.54) is 0 Å². The monoisotopic (exact) mass is 180 g/mol. The fraction of sp³-hybridized carbons (Fsp3) is 0.727. The third-order valence-corrected chi connectivity index (χ3v) is 2.03. The molecule has 0 bridgehead atoms. The number of nitrogens with zero attached hydrogens (tertiary/aromatic N) is 2. The standard InChI is InChI=1S/C11H20N2/c1-10(2,3)9-12-7-8-13(9)11(4,5)6/h7-8H,1-6H3. The van der Waals surface area contributed by atoms with Gasteiger partial charge in [-0.2, -0.15) is 0 Å². The summed E-state index contributed by atoms with van der Waals surface area (Å²) in [4.78, 5) is 4.42. The van der Waals surface area contributed by atoms with Crippen LogP contribution in [0.25, 0.3) is 0 Å². The van der Waals surface area contributed by atoms with E-state index in [2.05, 4.69) is 57.3 Å². The van der Waals surface area contributed by atoms with Gasteiger partial charge in [0.15, 0.2) is 0 Å². The molecular formula is C11H20N2. The van der Waals surface area contributed by atoms with E-state index in [1.807, 2.05) is 6.20 Å². The van der Waals surface area contributed by atoms with Gasteiger partial charge in [0, 0.05) is 23.3 Å². The summed E-state index contributed by atoms with van der Waals surface area (Å²) in [6, 6.07) is 0.